The highest BCUT2D eigenvalue weighted by molar-refractivity contribution is 4.81. The van der Waals surface area contributed by atoms with E-state index in [2.05, 4.69) is 19.1 Å². The monoisotopic (exact) mass is 184 g/mol. The van der Waals surface area contributed by atoms with Crippen molar-refractivity contribution >= 4 is 0 Å². The van der Waals surface area contributed by atoms with Crippen LogP contribution in [0.2, 0.25) is 0 Å². The van der Waals surface area contributed by atoms with Gasteiger partial charge >= 0.3 is 0 Å². The molecule has 0 aromatic rings. The molecule has 0 amide bonds. The minimum absolute atomic E-state index is 0.148. The molecule has 13 heavy (non-hydrogen) atoms. The Morgan fingerprint density at radius 3 is 2.38 bits per heavy atom. The van der Waals surface area contributed by atoms with Crippen LogP contribution in [0, 0.1) is 0 Å². The quantitative estimate of drug-likeness (QED) is 0.451. The van der Waals surface area contributed by atoms with Crippen LogP contribution in [0.5, 0.6) is 0 Å². The fourth-order valence-electron chi connectivity index (χ4n) is 1.26. The third kappa shape index (κ3) is 11.7. The summed E-state index contributed by atoms with van der Waals surface area (Å²) in [4.78, 5) is 0. The van der Waals surface area contributed by atoms with Crippen LogP contribution in [0.25, 0.3) is 0 Å². The molecule has 0 bridgehead atoms. The van der Waals surface area contributed by atoms with Crippen LogP contribution < -0.4 is 0 Å². The van der Waals surface area contributed by atoms with E-state index in [9.17, 15) is 0 Å². The lowest BCUT2D eigenvalue weighted by Crippen LogP contribution is -1.96. The van der Waals surface area contributed by atoms with E-state index < -0.39 is 0 Å². The van der Waals surface area contributed by atoms with Gasteiger partial charge in [0.05, 0.1) is 6.10 Å². The van der Waals surface area contributed by atoms with Crippen molar-refractivity contribution in [1.82, 2.24) is 0 Å². The zero-order chi connectivity index (χ0) is 9.94. The Hall–Kier alpha value is -0.300. The van der Waals surface area contributed by atoms with Gasteiger partial charge in [0, 0.05) is 0 Å². The highest BCUT2D eigenvalue weighted by atomic mass is 16.3. The second-order valence-electron chi connectivity index (χ2n) is 3.75. The van der Waals surface area contributed by atoms with Crippen molar-refractivity contribution in [3.05, 3.63) is 12.2 Å². The molecule has 0 heterocycles. The zero-order valence-corrected chi connectivity index (χ0v) is 9.13. The van der Waals surface area contributed by atoms with Crippen LogP contribution in [-0.2, 0) is 0 Å². The van der Waals surface area contributed by atoms with Crippen LogP contribution in [0.1, 0.15) is 58.8 Å². The Bertz CT molecular complexity index is 116. The lowest BCUT2D eigenvalue weighted by Gasteiger charge is -1.98. The van der Waals surface area contributed by atoms with Gasteiger partial charge in [-0.2, -0.15) is 0 Å². The highest BCUT2D eigenvalue weighted by Crippen LogP contribution is 2.04. The average Bonchev–Trinajstić information content (AvgIpc) is 2.09. The van der Waals surface area contributed by atoms with Crippen molar-refractivity contribution in [2.24, 2.45) is 0 Å². The van der Waals surface area contributed by atoms with E-state index in [0.29, 0.717) is 0 Å². The minimum Gasteiger partial charge on any atom is -0.393 e. The van der Waals surface area contributed by atoms with Crippen LogP contribution in [0.4, 0.5) is 0 Å². The van der Waals surface area contributed by atoms with Crippen molar-refractivity contribution in [3.8, 4) is 0 Å². The molecule has 0 radical (unpaired) electrons. The van der Waals surface area contributed by atoms with Crippen LogP contribution in [0.3, 0.4) is 0 Å². The molecule has 0 aliphatic heterocycles. The number of rotatable bonds is 8. The van der Waals surface area contributed by atoms with Gasteiger partial charge in [-0.1, -0.05) is 38.3 Å². The van der Waals surface area contributed by atoms with Crippen LogP contribution in [-0.4, -0.2) is 11.2 Å². The van der Waals surface area contributed by atoms with E-state index >= 15 is 0 Å². The van der Waals surface area contributed by atoms with Crippen molar-refractivity contribution in [3.63, 3.8) is 0 Å². The molecule has 1 nitrogen and oxygen atoms in total. The van der Waals surface area contributed by atoms with Crippen molar-refractivity contribution in [1.29, 1.82) is 0 Å². The second-order valence-corrected chi connectivity index (χ2v) is 3.75. The number of aliphatic hydroxyl groups excluding tert-OH is 1. The third-order valence-corrected chi connectivity index (χ3v) is 2.14. The Balaban J connectivity index is 3.03. The molecule has 0 fully saturated rings. The Morgan fingerprint density at radius 2 is 1.77 bits per heavy atom. The zero-order valence-electron chi connectivity index (χ0n) is 9.13. The van der Waals surface area contributed by atoms with Crippen molar-refractivity contribution < 1.29 is 5.11 Å². The molecule has 0 saturated heterocycles. The second kappa shape index (κ2) is 9.79. The fourth-order valence-corrected chi connectivity index (χ4v) is 1.26. The smallest absolute Gasteiger partial charge is 0.0515 e. The molecular weight excluding hydrogens is 160 g/mol. The number of unbranched alkanes of at least 4 members (excludes halogenated alkanes) is 4. The number of allylic oxidation sites excluding steroid dienone is 2. The summed E-state index contributed by atoms with van der Waals surface area (Å²) in [6.45, 7) is 4.08. The number of aliphatic hydroxyl groups is 1. The molecule has 78 valence electrons. The minimum atomic E-state index is -0.148. The van der Waals surface area contributed by atoms with Crippen LogP contribution in [0.15, 0.2) is 12.2 Å². The normalized spacial score (nSPS) is 13.8. The molecule has 1 atom stereocenters. The summed E-state index contributed by atoms with van der Waals surface area (Å²) >= 11 is 0. The molecule has 0 rings (SSSR count). The van der Waals surface area contributed by atoms with Gasteiger partial charge in [0.25, 0.3) is 0 Å². The summed E-state index contributed by atoms with van der Waals surface area (Å²) in [6, 6.07) is 0. The average molecular weight is 184 g/mol. The summed E-state index contributed by atoms with van der Waals surface area (Å²) in [7, 11) is 0. The van der Waals surface area contributed by atoms with Gasteiger partial charge in [-0.05, 0) is 32.6 Å². The summed E-state index contributed by atoms with van der Waals surface area (Å²) in [5, 5.41) is 8.99. The molecular formula is C12H24O. The molecule has 0 aromatic heterocycles. The topological polar surface area (TPSA) is 20.2 Å². The molecule has 0 saturated carbocycles. The van der Waals surface area contributed by atoms with Crippen molar-refractivity contribution in [2.45, 2.75) is 64.9 Å². The van der Waals surface area contributed by atoms with Gasteiger partial charge in [0.2, 0.25) is 0 Å². The van der Waals surface area contributed by atoms with E-state index in [1.54, 1.807) is 0 Å². The first kappa shape index (κ1) is 12.7. The maximum absolute atomic E-state index is 8.99. The molecule has 0 aliphatic carbocycles. The molecule has 0 aliphatic rings. The summed E-state index contributed by atoms with van der Waals surface area (Å²) in [5.74, 6) is 0. The van der Waals surface area contributed by atoms with Crippen LogP contribution >= 0.6 is 0 Å². The van der Waals surface area contributed by atoms with E-state index in [0.717, 1.165) is 12.8 Å². The summed E-state index contributed by atoms with van der Waals surface area (Å²) < 4.78 is 0. The van der Waals surface area contributed by atoms with E-state index in [-0.39, 0.29) is 6.10 Å². The van der Waals surface area contributed by atoms with Gasteiger partial charge in [-0.3, -0.25) is 0 Å². The lowest BCUT2D eigenvalue weighted by atomic mass is 10.1. The van der Waals surface area contributed by atoms with Gasteiger partial charge in [-0.25, -0.2) is 0 Å². The molecule has 1 heteroatoms. The van der Waals surface area contributed by atoms with Crippen molar-refractivity contribution in [2.75, 3.05) is 0 Å². The van der Waals surface area contributed by atoms with Gasteiger partial charge in [-0.15, -0.1) is 0 Å². The standard InChI is InChI=1S/C12H24O/c1-3-4-5-6-7-8-9-10-11-12(2)13/h8-9,12-13H,3-7,10-11H2,1-2H3/b9-8+/t12-/m0/s1. The largest absolute Gasteiger partial charge is 0.393 e. The van der Waals surface area contributed by atoms with Gasteiger partial charge < -0.3 is 5.11 Å². The number of hydrogen-bond donors (Lipinski definition) is 1. The van der Waals surface area contributed by atoms with E-state index in [4.69, 9.17) is 5.11 Å². The van der Waals surface area contributed by atoms with Gasteiger partial charge in [0.15, 0.2) is 0 Å². The highest BCUT2D eigenvalue weighted by Gasteiger charge is 1.90. The molecule has 0 unspecified atom stereocenters. The first-order valence-corrected chi connectivity index (χ1v) is 5.60. The van der Waals surface area contributed by atoms with E-state index in [1.165, 1.54) is 32.1 Å². The Labute approximate surface area is 82.9 Å². The van der Waals surface area contributed by atoms with E-state index in [1.807, 2.05) is 6.92 Å². The molecule has 0 aromatic carbocycles. The Morgan fingerprint density at radius 1 is 1.08 bits per heavy atom. The molecule has 0 spiro atoms. The fraction of sp³-hybridized carbons (Fsp3) is 0.833. The predicted molar refractivity (Wildman–Crippen MR) is 58.8 cm³/mol. The molecule has 1 N–H and O–H groups in total. The predicted octanol–water partition coefficient (Wildman–Crippen LogP) is 3.67. The number of hydrogen-bond acceptors (Lipinski definition) is 1. The maximum Gasteiger partial charge on any atom is 0.0515 e. The summed E-state index contributed by atoms with van der Waals surface area (Å²) in [6.07, 6.45) is 12.8. The Kier molecular flexibility index (Phi) is 9.56. The maximum atomic E-state index is 8.99. The first-order chi connectivity index (χ1) is 6.27. The first-order valence-electron chi connectivity index (χ1n) is 5.60. The summed E-state index contributed by atoms with van der Waals surface area (Å²) in [5.41, 5.74) is 0. The van der Waals surface area contributed by atoms with Gasteiger partial charge in [0.1, 0.15) is 0 Å². The SMILES string of the molecule is CCCCCC/C=C/CC[C@H](C)O. The lowest BCUT2D eigenvalue weighted by molar-refractivity contribution is 0.186. The third-order valence-electron chi connectivity index (χ3n) is 2.14.